The minimum Gasteiger partial charge on any atom is -0.487 e. The molecule has 0 radical (unpaired) electrons. The first-order valence-corrected chi connectivity index (χ1v) is 10.6. The van der Waals surface area contributed by atoms with Crippen molar-refractivity contribution in [1.82, 2.24) is 20.3 Å². The normalized spacial score (nSPS) is 14.8. The van der Waals surface area contributed by atoms with Crippen LogP contribution in [0, 0.1) is 19.7 Å². The number of hydrogen-bond donors (Lipinski definition) is 1. The number of carbonyl (C=O) groups is 1. The molecule has 8 heteroatoms. The average molecular weight is 425 g/mol. The summed E-state index contributed by atoms with van der Waals surface area (Å²) in [6.45, 7) is 4.04. The van der Waals surface area contributed by atoms with E-state index in [2.05, 4.69) is 20.3 Å². The molecule has 1 aromatic carbocycles. The summed E-state index contributed by atoms with van der Waals surface area (Å²) >= 11 is 1.45. The fraction of sp³-hybridized carbons (Fsp3) is 0.273. The lowest BCUT2D eigenvalue weighted by Gasteiger charge is -2.14. The number of nitrogens with zero attached hydrogens (tertiary/aromatic N) is 3. The van der Waals surface area contributed by atoms with Crippen LogP contribution in [0.25, 0.3) is 11.3 Å². The number of carbonyl (C=O) groups excluding carboxylic acids is 1. The lowest BCUT2D eigenvalue weighted by molar-refractivity contribution is -0.118. The molecule has 1 unspecified atom stereocenters. The second-order valence-corrected chi connectivity index (χ2v) is 8.16. The van der Waals surface area contributed by atoms with Crippen LogP contribution in [-0.4, -0.2) is 39.3 Å². The van der Waals surface area contributed by atoms with Crippen LogP contribution in [0.2, 0.25) is 0 Å². The monoisotopic (exact) mass is 424 g/mol. The number of thioether (sulfide) groups is 1. The molecule has 3 heterocycles. The Labute approximate surface area is 178 Å². The van der Waals surface area contributed by atoms with E-state index in [-0.39, 0.29) is 17.8 Å². The van der Waals surface area contributed by atoms with Crippen molar-refractivity contribution < 1.29 is 13.9 Å². The molecule has 0 spiro atoms. The van der Waals surface area contributed by atoms with Gasteiger partial charge >= 0.3 is 0 Å². The molecule has 6 nitrogen and oxygen atoms in total. The molecule has 3 aromatic rings. The van der Waals surface area contributed by atoms with Gasteiger partial charge in [0.05, 0.1) is 29.4 Å². The largest absolute Gasteiger partial charge is 0.487 e. The lowest BCUT2D eigenvalue weighted by atomic mass is 10.0. The first kappa shape index (κ1) is 20.3. The zero-order chi connectivity index (χ0) is 21.1. The van der Waals surface area contributed by atoms with E-state index in [0.717, 1.165) is 16.2 Å². The summed E-state index contributed by atoms with van der Waals surface area (Å²) in [5, 5.41) is 2.90. The van der Waals surface area contributed by atoms with Crippen LogP contribution < -0.4 is 10.1 Å². The zero-order valence-electron chi connectivity index (χ0n) is 16.7. The van der Waals surface area contributed by atoms with E-state index in [4.69, 9.17) is 4.74 Å². The average Bonchev–Trinajstić information content (AvgIpc) is 3.15. The van der Waals surface area contributed by atoms with Crippen molar-refractivity contribution in [2.24, 2.45) is 0 Å². The maximum absolute atomic E-state index is 14.3. The van der Waals surface area contributed by atoms with Gasteiger partial charge in [0.25, 0.3) is 0 Å². The van der Waals surface area contributed by atoms with Crippen LogP contribution in [0.3, 0.4) is 0 Å². The highest BCUT2D eigenvalue weighted by atomic mass is 32.2. The van der Waals surface area contributed by atoms with Crippen molar-refractivity contribution >= 4 is 17.7 Å². The molecule has 0 bridgehead atoms. The number of pyridine rings is 1. The standard InChI is InChI=1S/C22H21FN4O2S/c1-13-10-25-14(2)21(27-13)19-9-16(23)7-15-8-17(29-22(15)19)11-26-20(28)12-30-18-3-5-24-6-4-18/h3-7,9-10,17H,8,11-12H2,1-2H3,(H,26,28). The van der Waals surface area contributed by atoms with Gasteiger partial charge < -0.3 is 10.1 Å². The minimum absolute atomic E-state index is 0.0804. The number of aryl methyl sites for hydroxylation is 2. The summed E-state index contributed by atoms with van der Waals surface area (Å²) < 4.78 is 20.4. The summed E-state index contributed by atoms with van der Waals surface area (Å²) in [6.07, 6.45) is 5.34. The second kappa shape index (κ2) is 8.79. The van der Waals surface area contributed by atoms with Crippen molar-refractivity contribution in [3.05, 3.63) is 65.6 Å². The van der Waals surface area contributed by atoms with Crippen LogP contribution in [0.1, 0.15) is 17.0 Å². The number of halogens is 1. The number of aromatic nitrogens is 3. The molecule has 1 atom stereocenters. The molecule has 1 aliphatic heterocycles. The molecule has 0 aliphatic carbocycles. The number of rotatable bonds is 6. The Morgan fingerprint density at radius 3 is 2.90 bits per heavy atom. The molecular weight excluding hydrogens is 403 g/mol. The second-order valence-electron chi connectivity index (χ2n) is 7.11. The van der Waals surface area contributed by atoms with Gasteiger partial charge in [-0.3, -0.25) is 14.8 Å². The Balaban J connectivity index is 1.42. The summed E-state index contributed by atoms with van der Waals surface area (Å²) in [6, 6.07) is 6.64. The van der Waals surface area contributed by atoms with E-state index in [1.54, 1.807) is 18.6 Å². The molecule has 30 heavy (non-hydrogen) atoms. The van der Waals surface area contributed by atoms with Crippen molar-refractivity contribution in [3.63, 3.8) is 0 Å². The first-order chi connectivity index (χ1) is 14.5. The van der Waals surface area contributed by atoms with Crippen molar-refractivity contribution in [2.45, 2.75) is 31.3 Å². The molecule has 1 amide bonds. The SMILES string of the molecule is Cc1cnc(C)c(-c2cc(F)cc3c2OC(CNC(=O)CSc2ccncc2)C3)n1. The van der Waals surface area contributed by atoms with Gasteiger partial charge in [0.2, 0.25) is 5.91 Å². The van der Waals surface area contributed by atoms with E-state index in [1.165, 1.54) is 23.9 Å². The number of amides is 1. The summed E-state index contributed by atoms with van der Waals surface area (Å²) in [4.78, 5) is 26.0. The number of fused-ring (bicyclic) bond motifs is 1. The Hall–Kier alpha value is -3.00. The Morgan fingerprint density at radius 2 is 2.10 bits per heavy atom. The maximum Gasteiger partial charge on any atom is 0.230 e. The van der Waals surface area contributed by atoms with Crippen LogP contribution in [0.15, 0.2) is 47.8 Å². The highest BCUT2D eigenvalue weighted by Crippen LogP contribution is 2.39. The van der Waals surface area contributed by atoms with Crippen LogP contribution in [0.5, 0.6) is 5.75 Å². The highest BCUT2D eigenvalue weighted by molar-refractivity contribution is 8.00. The molecule has 0 saturated heterocycles. The summed E-state index contributed by atoms with van der Waals surface area (Å²) in [5.74, 6) is 0.503. The Bertz CT molecular complexity index is 1080. The predicted octanol–water partition coefficient (Wildman–Crippen LogP) is 3.51. The minimum atomic E-state index is -0.339. The first-order valence-electron chi connectivity index (χ1n) is 9.59. The number of hydrogen-bond acceptors (Lipinski definition) is 6. The van der Waals surface area contributed by atoms with Gasteiger partial charge in [0.15, 0.2) is 0 Å². The zero-order valence-corrected chi connectivity index (χ0v) is 17.5. The van der Waals surface area contributed by atoms with Gasteiger partial charge in [0, 0.05) is 41.0 Å². The van der Waals surface area contributed by atoms with Gasteiger partial charge in [0.1, 0.15) is 17.7 Å². The molecule has 2 aromatic heterocycles. The number of ether oxygens (including phenoxy) is 1. The van der Waals surface area contributed by atoms with E-state index < -0.39 is 0 Å². The predicted molar refractivity (Wildman–Crippen MR) is 113 cm³/mol. The third-order valence-corrected chi connectivity index (χ3v) is 5.75. The van der Waals surface area contributed by atoms with Crippen LogP contribution in [0.4, 0.5) is 4.39 Å². The van der Waals surface area contributed by atoms with Gasteiger partial charge in [-0.05, 0) is 38.1 Å². The van der Waals surface area contributed by atoms with Gasteiger partial charge in [-0.15, -0.1) is 11.8 Å². The molecule has 4 rings (SSSR count). The number of benzene rings is 1. The smallest absolute Gasteiger partial charge is 0.230 e. The van der Waals surface area contributed by atoms with Crippen molar-refractivity contribution in [1.29, 1.82) is 0 Å². The molecule has 154 valence electrons. The third-order valence-electron chi connectivity index (χ3n) is 4.74. The fourth-order valence-electron chi connectivity index (χ4n) is 3.34. The van der Waals surface area contributed by atoms with Crippen LogP contribution >= 0.6 is 11.8 Å². The maximum atomic E-state index is 14.3. The number of nitrogens with one attached hydrogen (secondary N) is 1. The topological polar surface area (TPSA) is 77.0 Å². The van der Waals surface area contributed by atoms with Crippen molar-refractivity contribution in [2.75, 3.05) is 12.3 Å². The lowest BCUT2D eigenvalue weighted by Crippen LogP contribution is -2.35. The summed E-state index contributed by atoms with van der Waals surface area (Å²) in [5.41, 5.74) is 3.45. The van der Waals surface area contributed by atoms with Crippen LogP contribution in [-0.2, 0) is 11.2 Å². The van der Waals surface area contributed by atoms with Crippen molar-refractivity contribution in [3.8, 4) is 17.0 Å². The Morgan fingerprint density at radius 1 is 1.30 bits per heavy atom. The molecule has 1 aliphatic rings. The molecular formula is C22H21FN4O2S. The summed E-state index contributed by atoms with van der Waals surface area (Å²) in [7, 11) is 0. The molecule has 0 fully saturated rings. The van der Waals surface area contributed by atoms with E-state index in [1.807, 2.05) is 26.0 Å². The van der Waals surface area contributed by atoms with Gasteiger partial charge in [-0.2, -0.15) is 0 Å². The van der Waals surface area contributed by atoms with Gasteiger partial charge in [-0.1, -0.05) is 0 Å². The van der Waals surface area contributed by atoms with E-state index >= 15 is 0 Å². The Kier molecular flexibility index (Phi) is 5.94. The van der Waals surface area contributed by atoms with E-state index in [0.29, 0.717) is 41.4 Å². The third kappa shape index (κ3) is 4.59. The fourth-order valence-corrected chi connectivity index (χ4v) is 4.05. The molecule has 0 saturated carbocycles. The quantitative estimate of drug-likeness (QED) is 0.611. The van der Waals surface area contributed by atoms with Gasteiger partial charge in [-0.25, -0.2) is 9.37 Å². The molecule has 1 N–H and O–H groups in total. The highest BCUT2D eigenvalue weighted by Gasteiger charge is 2.28. The van der Waals surface area contributed by atoms with E-state index in [9.17, 15) is 9.18 Å².